The number of hydrogen-bond acceptors (Lipinski definition) is 2. The summed E-state index contributed by atoms with van der Waals surface area (Å²) in [6.07, 6.45) is 2.33. The van der Waals surface area contributed by atoms with Crippen LogP contribution in [0.4, 0.5) is 5.69 Å². The molecule has 2 nitrogen and oxygen atoms in total. The van der Waals surface area contributed by atoms with Crippen molar-refractivity contribution in [2.24, 2.45) is 0 Å². The highest BCUT2D eigenvalue weighted by molar-refractivity contribution is 5.50. The van der Waals surface area contributed by atoms with Crippen molar-refractivity contribution < 1.29 is 0 Å². The first-order chi connectivity index (χ1) is 7.85. The van der Waals surface area contributed by atoms with Crippen LogP contribution < -0.4 is 10.2 Å². The fourth-order valence-corrected chi connectivity index (χ4v) is 2.42. The van der Waals surface area contributed by atoms with Gasteiger partial charge in [0.1, 0.15) is 0 Å². The molecule has 1 atom stereocenters. The molecule has 0 amide bonds. The molecule has 0 saturated carbocycles. The van der Waals surface area contributed by atoms with Crippen LogP contribution in [-0.4, -0.2) is 25.7 Å². The third-order valence-electron chi connectivity index (χ3n) is 3.47. The monoisotopic (exact) mass is 218 g/mol. The van der Waals surface area contributed by atoms with Crippen LogP contribution in [0, 0.1) is 0 Å². The van der Waals surface area contributed by atoms with E-state index in [-0.39, 0.29) is 0 Å². The average molecular weight is 218 g/mol. The molecule has 16 heavy (non-hydrogen) atoms. The second-order valence-corrected chi connectivity index (χ2v) is 4.48. The molecule has 0 bridgehead atoms. The first-order valence-corrected chi connectivity index (χ1v) is 6.41. The predicted octanol–water partition coefficient (Wildman–Crippen LogP) is 2.44. The molecule has 1 saturated heterocycles. The third kappa shape index (κ3) is 2.38. The summed E-state index contributed by atoms with van der Waals surface area (Å²) >= 11 is 0. The Morgan fingerprint density at radius 1 is 1.38 bits per heavy atom. The minimum Gasteiger partial charge on any atom is -0.366 e. The Labute approximate surface area is 98.7 Å². The lowest BCUT2D eigenvalue weighted by molar-refractivity contribution is 0.466. The normalized spacial score (nSPS) is 21.1. The second kappa shape index (κ2) is 5.35. The maximum atomic E-state index is 3.47. The topological polar surface area (TPSA) is 15.3 Å². The minimum absolute atomic E-state index is 0.654. The lowest BCUT2D eigenvalue weighted by atomic mass is 10.1. The van der Waals surface area contributed by atoms with Gasteiger partial charge in [-0.15, -0.1) is 0 Å². The van der Waals surface area contributed by atoms with E-state index >= 15 is 0 Å². The Bertz CT molecular complexity index is 335. The van der Waals surface area contributed by atoms with E-state index in [0.717, 1.165) is 26.1 Å². The summed E-state index contributed by atoms with van der Waals surface area (Å²) in [5.41, 5.74) is 2.83. The zero-order valence-corrected chi connectivity index (χ0v) is 10.4. The maximum Gasteiger partial charge on any atom is 0.0412 e. The number of nitrogens with one attached hydrogen (secondary N) is 1. The molecule has 1 unspecified atom stereocenters. The van der Waals surface area contributed by atoms with E-state index in [1.54, 1.807) is 0 Å². The first kappa shape index (κ1) is 11.5. The molecular formula is C14H22N2. The van der Waals surface area contributed by atoms with Crippen molar-refractivity contribution in [3.63, 3.8) is 0 Å². The standard InChI is InChI=1S/C14H22N2/c1-3-12-6-5-7-14(10-12)16-9-8-15-11-13(16)4-2/h5-7,10,13,15H,3-4,8-9,11H2,1-2H3. The van der Waals surface area contributed by atoms with Gasteiger partial charge in [-0.1, -0.05) is 26.0 Å². The van der Waals surface area contributed by atoms with Crippen LogP contribution in [0.25, 0.3) is 0 Å². The SMILES string of the molecule is CCc1cccc(N2CCNCC2CC)c1. The lowest BCUT2D eigenvalue weighted by Gasteiger charge is -2.37. The molecular weight excluding hydrogens is 196 g/mol. The summed E-state index contributed by atoms with van der Waals surface area (Å²) in [4.78, 5) is 2.55. The van der Waals surface area contributed by atoms with Gasteiger partial charge in [0.25, 0.3) is 0 Å². The number of nitrogens with zero attached hydrogens (tertiary/aromatic N) is 1. The van der Waals surface area contributed by atoms with Gasteiger partial charge in [0.15, 0.2) is 0 Å². The van der Waals surface area contributed by atoms with E-state index in [1.165, 1.54) is 17.7 Å². The molecule has 88 valence electrons. The van der Waals surface area contributed by atoms with Gasteiger partial charge in [0, 0.05) is 31.4 Å². The molecule has 1 heterocycles. The zero-order chi connectivity index (χ0) is 11.4. The Kier molecular flexibility index (Phi) is 3.83. The summed E-state index contributed by atoms with van der Waals surface area (Å²) < 4.78 is 0. The Morgan fingerprint density at radius 3 is 3.00 bits per heavy atom. The lowest BCUT2D eigenvalue weighted by Crippen LogP contribution is -2.51. The Balaban J connectivity index is 2.20. The summed E-state index contributed by atoms with van der Waals surface area (Å²) in [5, 5.41) is 3.47. The molecule has 0 aromatic heterocycles. The fourth-order valence-electron chi connectivity index (χ4n) is 2.42. The van der Waals surface area contributed by atoms with Crippen LogP contribution in [0.5, 0.6) is 0 Å². The van der Waals surface area contributed by atoms with Gasteiger partial charge in [-0.05, 0) is 30.5 Å². The zero-order valence-electron chi connectivity index (χ0n) is 10.4. The Hall–Kier alpha value is -1.02. The Morgan fingerprint density at radius 2 is 2.25 bits per heavy atom. The van der Waals surface area contributed by atoms with Crippen molar-refractivity contribution in [1.82, 2.24) is 5.32 Å². The van der Waals surface area contributed by atoms with Crippen molar-refractivity contribution in [3.8, 4) is 0 Å². The van der Waals surface area contributed by atoms with E-state index in [4.69, 9.17) is 0 Å². The molecule has 1 aromatic rings. The number of piperazine rings is 1. The largest absolute Gasteiger partial charge is 0.366 e. The maximum absolute atomic E-state index is 3.47. The molecule has 1 fully saturated rings. The van der Waals surface area contributed by atoms with Crippen LogP contribution in [0.3, 0.4) is 0 Å². The van der Waals surface area contributed by atoms with Crippen molar-refractivity contribution in [3.05, 3.63) is 29.8 Å². The summed E-state index contributed by atoms with van der Waals surface area (Å²) in [6.45, 7) is 7.84. The highest BCUT2D eigenvalue weighted by Crippen LogP contribution is 2.21. The smallest absolute Gasteiger partial charge is 0.0412 e. The van der Waals surface area contributed by atoms with Crippen LogP contribution in [0.1, 0.15) is 25.8 Å². The van der Waals surface area contributed by atoms with E-state index in [9.17, 15) is 0 Å². The number of hydrogen-bond donors (Lipinski definition) is 1. The molecule has 0 radical (unpaired) electrons. The first-order valence-electron chi connectivity index (χ1n) is 6.41. The van der Waals surface area contributed by atoms with Crippen molar-refractivity contribution >= 4 is 5.69 Å². The summed E-state index contributed by atoms with van der Waals surface area (Å²) in [6, 6.07) is 9.64. The van der Waals surface area contributed by atoms with Gasteiger partial charge < -0.3 is 10.2 Å². The number of anilines is 1. The van der Waals surface area contributed by atoms with Gasteiger partial charge in [-0.2, -0.15) is 0 Å². The van der Waals surface area contributed by atoms with Gasteiger partial charge in [-0.3, -0.25) is 0 Å². The van der Waals surface area contributed by atoms with Gasteiger partial charge in [0.2, 0.25) is 0 Å². The molecule has 1 aliphatic rings. The molecule has 1 aliphatic heterocycles. The minimum atomic E-state index is 0.654. The molecule has 1 aromatic carbocycles. The molecule has 0 spiro atoms. The number of rotatable bonds is 3. The van der Waals surface area contributed by atoms with Crippen LogP contribution in [0.15, 0.2) is 24.3 Å². The molecule has 2 heteroatoms. The van der Waals surface area contributed by atoms with E-state index in [0.29, 0.717) is 6.04 Å². The van der Waals surface area contributed by atoms with Crippen molar-refractivity contribution in [2.75, 3.05) is 24.5 Å². The van der Waals surface area contributed by atoms with Crippen LogP contribution in [-0.2, 0) is 6.42 Å². The number of benzene rings is 1. The second-order valence-electron chi connectivity index (χ2n) is 4.48. The highest BCUT2D eigenvalue weighted by atomic mass is 15.2. The van der Waals surface area contributed by atoms with E-state index in [1.807, 2.05) is 0 Å². The predicted molar refractivity (Wildman–Crippen MR) is 70.1 cm³/mol. The van der Waals surface area contributed by atoms with Crippen LogP contribution >= 0.6 is 0 Å². The quantitative estimate of drug-likeness (QED) is 0.838. The highest BCUT2D eigenvalue weighted by Gasteiger charge is 2.20. The molecule has 2 rings (SSSR count). The molecule has 1 N–H and O–H groups in total. The summed E-state index contributed by atoms with van der Waals surface area (Å²) in [7, 11) is 0. The van der Waals surface area contributed by atoms with E-state index < -0.39 is 0 Å². The third-order valence-corrected chi connectivity index (χ3v) is 3.47. The average Bonchev–Trinajstić information content (AvgIpc) is 2.38. The summed E-state index contributed by atoms with van der Waals surface area (Å²) in [5.74, 6) is 0. The van der Waals surface area contributed by atoms with Gasteiger partial charge in [0.05, 0.1) is 0 Å². The van der Waals surface area contributed by atoms with Gasteiger partial charge in [-0.25, -0.2) is 0 Å². The molecule has 0 aliphatic carbocycles. The number of aryl methyl sites for hydroxylation is 1. The van der Waals surface area contributed by atoms with Crippen molar-refractivity contribution in [1.29, 1.82) is 0 Å². The van der Waals surface area contributed by atoms with Crippen molar-refractivity contribution in [2.45, 2.75) is 32.7 Å². The van der Waals surface area contributed by atoms with Gasteiger partial charge >= 0.3 is 0 Å². The fraction of sp³-hybridized carbons (Fsp3) is 0.571. The van der Waals surface area contributed by atoms with E-state index in [2.05, 4.69) is 48.3 Å². The van der Waals surface area contributed by atoms with Crippen LogP contribution in [0.2, 0.25) is 0 Å².